The second-order valence-electron chi connectivity index (χ2n) is 4.63. The maximum atomic E-state index is 9.52. The van der Waals surface area contributed by atoms with Gasteiger partial charge in [0, 0.05) is 18.9 Å². The number of phenolic OH excluding ortho intramolecular Hbond substituents is 1. The minimum atomic E-state index is 0.248. The Balaban J connectivity index is 1.81. The molecule has 106 valence electrons. The largest absolute Gasteiger partial charge is 0.507 e. The number of nitrogens with one attached hydrogen (secondary N) is 1. The van der Waals surface area contributed by atoms with E-state index >= 15 is 0 Å². The molecule has 0 aliphatic heterocycles. The van der Waals surface area contributed by atoms with E-state index in [4.69, 9.17) is 0 Å². The standard InChI is InChI=1S/C16H14BrN3O/c17-13-9-12(5-6-16(13)21)10-19-14-3-1-2-4-15(14)20-8-7-18-11-20/h1-9,11,19,21H,10H2. The molecule has 0 bridgehead atoms. The van der Waals surface area contributed by atoms with Gasteiger partial charge in [-0.15, -0.1) is 0 Å². The molecule has 0 amide bonds. The summed E-state index contributed by atoms with van der Waals surface area (Å²) >= 11 is 3.33. The fourth-order valence-electron chi connectivity index (χ4n) is 2.11. The third-order valence-electron chi connectivity index (χ3n) is 3.18. The van der Waals surface area contributed by atoms with Crippen molar-refractivity contribution in [2.75, 3.05) is 5.32 Å². The van der Waals surface area contributed by atoms with Crippen LogP contribution in [0.15, 0.2) is 65.7 Å². The first-order valence-corrected chi connectivity index (χ1v) is 7.32. The van der Waals surface area contributed by atoms with Crippen LogP contribution in [0.4, 0.5) is 5.69 Å². The van der Waals surface area contributed by atoms with Gasteiger partial charge in [0.2, 0.25) is 0 Å². The van der Waals surface area contributed by atoms with Gasteiger partial charge in [0.25, 0.3) is 0 Å². The normalized spacial score (nSPS) is 10.5. The summed E-state index contributed by atoms with van der Waals surface area (Å²) in [6.45, 7) is 0.671. The monoisotopic (exact) mass is 343 g/mol. The van der Waals surface area contributed by atoms with Crippen molar-refractivity contribution in [2.24, 2.45) is 0 Å². The molecule has 0 aliphatic rings. The molecule has 0 radical (unpaired) electrons. The number of imidazole rings is 1. The summed E-state index contributed by atoms with van der Waals surface area (Å²) in [4.78, 5) is 4.08. The number of aromatic hydroxyl groups is 1. The molecular formula is C16H14BrN3O. The number of nitrogens with zero attached hydrogens (tertiary/aromatic N) is 2. The van der Waals surface area contributed by atoms with Crippen molar-refractivity contribution >= 4 is 21.6 Å². The number of halogens is 1. The Hall–Kier alpha value is -2.27. The molecule has 3 aromatic rings. The average Bonchev–Trinajstić information content (AvgIpc) is 3.03. The topological polar surface area (TPSA) is 50.1 Å². The van der Waals surface area contributed by atoms with Gasteiger partial charge in [-0.05, 0) is 45.8 Å². The fraction of sp³-hybridized carbons (Fsp3) is 0.0625. The van der Waals surface area contributed by atoms with Gasteiger partial charge in [-0.25, -0.2) is 4.98 Å². The minimum absolute atomic E-state index is 0.248. The summed E-state index contributed by atoms with van der Waals surface area (Å²) in [5.41, 5.74) is 3.16. The number of rotatable bonds is 4. The zero-order valence-corrected chi connectivity index (χ0v) is 12.8. The van der Waals surface area contributed by atoms with Gasteiger partial charge >= 0.3 is 0 Å². The molecule has 5 heteroatoms. The molecule has 1 heterocycles. The Morgan fingerprint density at radius 2 is 2.05 bits per heavy atom. The van der Waals surface area contributed by atoms with Gasteiger partial charge in [-0.2, -0.15) is 0 Å². The SMILES string of the molecule is Oc1ccc(CNc2ccccc2-n2ccnc2)cc1Br. The molecule has 0 saturated heterocycles. The molecule has 2 aromatic carbocycles. The number of anilines is 1. The van der Waals surface area contributed by atoms with Crippen molar-refractivity contribution in [2.45, 2.75) is 6.54 Å². The van der Waals surface area contributed by atoms with E-state index in [0.29, 0.717) is 11.0 Å². The second-order valence-corrected chi connectivity index (χ2v) is 5.48. The number of para-hydroxylation sites is 2. The molecule has 2 N–H and O–H groups in total. The van der Waals surface area contributed by atoms with Crippen molar-refractivity contribution in [3.8, 4) is 11.4 Å². The van der Waals surface area contributed by atoms with Crippen molar-refractivity contribution in [1.29, 1.82) is 0 Å². The highest BCUT2D eigenvalue weighted by Crippen LogP contribution is 2.25. The minimum Gasteiger partial charge on any atom is -0.507 e. The molecule has 0 atom stereocenters. The molecule has 0 aliphatic carbocycles. The number of phenols is 1. The number of benzene rings is 2. The number of hydrogen-bond donors (Lipinski definition) is 2. The lowest BCUT2D eigenvalue weighted by molar-refractivity contribution is 0.471. The molecule has 1 aromatic heterocycles. The zero-order chi connectivity index (χ0) is 14.7. The molecular weight excluding hydrogens is 330 g/mol. The third-order valence-corrected chi connectivity index (χ3v) is 3.82. The van der Waals surface area contributed by atoms with Gasteiger partial charge in [-0.3, -0.25) is 0 Å². The van der Waals surface area contributed by atoms with E-state index in [2.05, 4.69) is 26.2 Å². The number of aromatic nitrogens is 2. The first-order chi connectivity index (χ1) is 10.2. The van der Waals surface area contributed by atoms with Crippen LogP contribution in [0.2, 0.25) is 0 Å². The van der Waals surface area contributed by atoms with Crippen LogP contribution in [-0.2, 0) is 6.54 Å². The molecule has 0 unspecified atom stereocenters. The van der Waals surface area contributed by atoms with Gasteiger partial charge in [0.05, 0.1) is 22.2 Å². The van der Waals surface area contributed by atoms with Crippen LogP contribution in [0, 0.1) is 0 Å². The second kappa shape index (κ2) is 6.01. The molecule has 21 heavy (non-hydrogen) atoms. The van der Waals surface area contributed by atoms with Gasteiger partial charge in [0.15, 0.2) is 0 Å². The van der Waals surface area contributed by atoms with Gasteiger partial charge in [-0.1, -0.05) is 18.2 Å². The van der Waals surface area contributed by atoms with Crippen LogP contribution in [0.1, 0.15) is 5.56 Å². The highest BCUT2D eigenvalue weighted by atomic mass is 79.9. The average molecular weight is 344 g/mol. The molecule has 0 spiro atoms. The molecule has 0 fully saturated rings. The fourth-order valence-corrected chi connectivity index (χ4v) is 2.53. The van der Waals surface area contributed by atoms with Gasteiger partial charge < -0.3 is 15.0 Å². The van der Waals surface area contributed by atoms with E-state index in [0.717, 1.165) is 16.9 Å². The van der Waals surface area contributed by atoms with Crippen LogP contribution >= 0.6 is 15.9 Å². The van der Waals surface area contributed by atoms with E-state index in [1.165, 1.54) is 0 Å². The lowest BCUT2D eigenvalue weighted by Gasteiger charge is -2.13. The summed E-state index contributed by atoms with van der Waals surface area (Å²) in [5, 5.41) is 12.9. The Kier molecular flexibility index (Phi) is 3.92. The van der Waals surface area contributed by atoms with Crippen LogP contribution in [0.25, 0.3) is 5.69 Å². The summed E-state index contributed by atoms with van der Waals surface area (Å²) in [7, 11) is 0. The Morgan fingerprint density at radius 3 is 2.81 bits per heavy atom. The highest BCUT2D eigenvalue weighted by molar-refractivity contribution is 9.10. The zero-order valence-electron chi connectivity index (χ0n) is 11.2. The molecule has 3 rings (SSSR count). The maximum Gasteiger partial charge on any atom is 0.129 e. The van der Waals surface area contributed by atoms with E-state index in [1.54, 1.807) is 18.6 Å². The van der Waals surface area contributed by atoms with Crippen molar-refractivity contribution < 1.29 is 5.11 Å². The van der Waals surface area contributed by atoms with E-state index < -0.39 is 0 Å². The van der Waals surface area contributed by atoms with Crippen LogP contribution < -0.4 is 5.32 Å². The Labute approximate surface area is 131 Å². The van der Waals surface area contributed by atoms with Gasteiger partial charge in [0.1, 0.15) is 5.75 Å². The Morgan fingerprint density at radius 1 is 1.19 bits per heavy atom. The van der Waals surface area contributed by atoms with E-state index in [1.807, 2.05) is 47.2 Å². The first kappa shape index (κ1) is 13.7. The summed E-state index contributed by atoms with van der Waals surface area (Å²) in [5.74, 6) is 0.248. The summed E-state index contributed by atoms with van der Waals surface area (Å²) in [6.07, 6.45) is 5.45. The lowest BCUT2D eigenvalue weighted by atomic mass is 10.2. The van der Waals surface area contributed by atoms with Crippen LogP contribution in [0.5, 0.6) is 5.75 Å². The number of hydrogen-bond acceptors (Lipinski definition) is 3. The van der Waals surface area contributed by atoms with Crippen molar-refractivity contribution in [3.63, 3.8) is 0 Å². The predicted octanol–water partition coefficient (Wildman–Crippen LogP) is 3.95. The van der Waals surface area contributed by atoms with E-state index in [-0.39, 0.29) is 5.75 Å². The van der Waals surface area contributed by atoms with Crippen molar-refractivity contribution in [1.82, 2.24) is 9.55 Å². The summed E-state index contributed by atoms with van der Waals surface area (Å²) < 4.78 is 2.67. The summed E-state index contributed by atoms with van der Waals surface area (Å²) in [6, 6.07) is 13.5. The lowest BCUT2D eigenvalue weighted by Crippen LogP contribution is -2.03. The van der Waals surface area contributed by atoms with E-state index in [9.17, 15) is 5.11 Å². The molecule has 4 nitrogen and oxygen atoms in total. The van der Waals surface area contributed by atoms with Crippen LogP contribution in [0.3, 0.4) is 0 Å². The first-order valence-electron chi connectivity index (χ1n) is 6.52. The quantitative estimate of drug-likeness (QED) is 0.753. The van der Waals surface area contributed by atoms with Crippen molar-refractivity contribution in [3.05, 3.63) is 71.2 Å². The smallest absolute Gasteiger partial charge is 0.129 e. The van der Waals surface area contributed by atoms with Crippen LogP contribution in [-0.4, -0.2) is 14.7 Å². The predicted molar refractivity (Wildman–Crippen MR) is 86.7 cm³/mol. The Bertz CT molecular complexity index is 741. The highest BCUT2D eigenvalue weighted by Gasteiger charge is 2.04. The third kappa shape index (κ3) is 3.08. The maximum absolute atomic E-state index is 9.52. The molecule has 0 saturated carbocycles.